The lowest BCUT2D eigenvalue weighted by molar-refractivity contribution is -0.100. The predicted molar refractivity (Wildman–Crippen MR) is 146 cm³/mol. The largest absolute Gasteiger partial charge is 0.356 e. The fraction of sp³-hybridized carbons (Fsp3) is 0.286. The zero-order valence-electron chi connectivity index (χ0n) is 22.2. The molecule has 4 aromatic rings. The number of rotatable bonds is 10. The van der Waals surface area contributed by atoms with Crippen molar-refractivity contribution < 1.29 is 35.9 Å². The van der Waals surface area contributed by atoms with Crippen molar-refractivity contribution >= 4 is 32.7 Å². The standard InChI is InChI=1S/C28H27F3N4O5S/c1-39-24(40-2)11-16-3-5-17(6-4-16)18-12-20-21(14-33-28(20)32-13-18)27(36)25-22(30)7-8-23(26(25)31)34-41(37,38)35-10-9-19(29)15-35/h3-8,12-14,19,24,34H,9-11,15H2,1-2H3,(H,32,33)/t19-/m1/s1. The van der Waals surface area contributed by atoms with Gasteiger partial charge in [0.15, 0.2) is 12.1 Å². The number of aromatic nitrogens is 2. The Kier molecular flexibility index (Phi) is 8.13. The maximum Gasteiger partial charge on any atom is 0.301 e. The normalized spacial score (nSPS) is 16.1. The van der Waals surface area contributed by atoms with Gasteiger partial charge in [-0.05, 0) is 35.7 Å². The summed E-state index contributed by atoms with van der Waals surface area (Å²) in [4.78, 5) is 20.6. The number of benzene rings is 2. The lowest BCUT2D eigenvalue weighted by Gasteiger charge is -2.18. The van der Waals surface area contributed by atoms with Gasteiger partial charge in [0, 0.05) is 62.6 Å². The molecule has 1 atom stereocenters. The van der Waals surface area contributed by atoms with E-state index in [0.29, 0.717) is 23.0 Å². The number of carbonyl (C=O) groups is 1. The second-order valence-electron chi connectivity index (χ2n) is 9.59. The molecule has 41 heavy (non-hydrogen) atoms. The number of ketones is 1. The first-order valence-electron chi connectivity index (χ1n) is 12.7. The van der Waals surface area contributed by atoms with Gasteiger partial charge in [0.25, 0.3) is 0 Å². The number of alkyl halides is 1. The Hall–Kier alpha value is -3.78. The van der Waals surface area contributed by atoms with Crippen molar-refractivity contribution in [2.75, 3.05) is 32.0 Å². The van der Waals surface area contributed by atoms with E-state index in [1.54, 1.807) is 26.5 Å². The highest BCUT2D eigenvalue weighted by Crippen LogP contribution is 2.30. The SMILES string of the molecule is COC(Cc1ccc(-c2cnc3[nH]cc(C(=O)c4c(F)ccc(NS(=O)(=O)N5CC[C@@H](F)C5)c4F)c3c2)cc1)OC. The minimum Gasteiger partial charge on any atom is -0.356 e. The number of halogens is 3. The van der Waals surface area contributed by atoms with Gasteiger partial charge in [0.05, 0.1) is 11.3 Å². The highest BCUT2D eigenvalue weighted by Gasteiger charge is 2.33. The summed E-state index contributed by atoms with van der Waals surface area (Å²) in [6.45, 7) is -0.461. The van der Waals surface area contributed by atoms with Crippen LogP contribution in [0.25, 0.3) is 22.2 Å². The van der Waals surface area contributed by atoms with Gasteiger partial charge in [0.1, 0.15) is 17.6 Å². The van der Waals surface area contributed by atoms with Gasteiger partial charge in [-0.2, -0.15) is 12.7 Å². The summed E-state index contributed by atoms with van der Waals surface area (Å²) in [6.07, 6.45) is 1.74. The molecule has 1 saturated heterocycles. The molecule has 13 heteroatoms. The van der Waals surface area contributed by atoms with Gasteiger partial charge >= 0.3 is 10.2 Å². The second kappa shape index (κ2) is 11.6. The molecule has 0 unspecified atom stereocenters. The fourth-order valence-corrected chi connectivity index (χ4v) is 5.99. The van der Waals surface area contributed by atoms with Gasteiger partial charge in [-0.25, -0.2) is 18.2 Å². The quantitative estimate of drug-likeness (QED) is 0.207. The molecule has 216 valence electrons. The van der Waals surface area contributed by atoms with Crippen molar-refractivity contribution in [1.29, 1.82) is 0 Å². The Morgan fingerprint density at radius 1 is 1.15 bits per heavy atom. The minimum absolute atomic E-state index is 0.0133. The number of anilines is 1. The molecular formula is C28H27F3N4O5S. The van der Waals surface area contributed by atoms with Crippen LogP contribution in [0.4, 0.5) is 18.9 Å². The average molecular weight is 589 g/mol. The van der Waals surface area contributed by atoms with Crippen LogP contribution in [0.5, 0.6) is 0 Å². The molecule has 0 bridgehead atoms. The molecular weight excluding hydrogens is 561 g/mol. The summed E-state index contributed by atoms with van der Waals surface area (Å²) in [5, 5.41) is 0.325. The van der Waals surface area contributed by atoms with Crippen molar-refractivity contribution in [1.82, 2.24) is 14.3 Å². The van der Waals surface area contributed by atoms with Crippen molar-refractivity contribution in [3.05, 3.63) is 83.2 Å². The van der Waals surface area contributed by atoms with Crippen molar-refractivity contribution in [2.45, 2.75) is 25.3 Å². The van der Waals surface area contributed by atoms with Crippen LogP contribution in [-0.4, -0.2) is 68.2 Å². The summed E-state index contributed by atoms with van der Waals surface area (Å²) >= 11 is 0. The molecule has 3 heterocycles. The van der Waals surface area contributed by atoms with Crippen LogP contribution < -0.4 is 4.72 Å². The van der Waals surface area contributed by atoms with E-state index in [0.717, 1.165) is 27.6 Å². The van der Waals surface area contributed by atoms with Crippen LogP contribution >= 0.6 is 0 Å². The molecule has 0 amide bonds. The molecule has 5 rings (SSSR count). The first-order chi connectivity index (χ1) is 19.6. The number of nitrogens with one attached hydrogen (secondary N) is 2. The van der Waals surface area contributed by atoms with E-state index in [1.165, 1.54) is 6.20 Å². The van der Waals surface area contributed by atoms with E-state index >= 15 is 4.39 Å². The van der Waals surface area contributed by atoms with E-state index in [-0.39, 0.29) is 31.4 Å². The molecule has 2 aromatic heterocycles. The average Bonchev–Trinajstić information content (AvgIpc) is 3.60. The van der Waals surface area contributed by atoms with Crippen LogP contribution in [0, 0.1) is 11.6 Å². The number of pyridine rings is 1. The number of carbonyl (C=O) groups excluding carboxylic acids is 1. The Labute approximate surface area is 234 Å². The van der Waals surface area contributed by atoms with Crippen LogP contribution in [0.1, 0.15) is 27.9 Å². The van der Waals surface area contributed by atoms with Crippen molar-refractivity contribution in [3.8, 4) is 11.1 Å². The van der Waals surface area contributed by atoms with Gasteiger partial charge in [-0.15, -0.1) is 0 Å². The summed E-state index contributed by atoms with van der Waals surface area (Å²) in [7, 11) is -1.21. The number of methoxy groups -OCH3 is 2. The molecule has 1 fully saturated rings. The maximum atomic E-state index is 15.5. The predicted octanol–water partition coefficient (Wildman–Crippen LogP) is 4.60. The summed E-state index contributed by atoms with van der Waals surface area (Å²) < 4.78 is 82.4. The third kappa shape index (κ3) is 5.84. The lowest BCUT2D eigenvalue weighted by atomic mass is 9.99. The fourth-order valence-electron chi connectivity index (χ4n) is 4.72. The van der Waals surface area contributed by atoms with Gasteiger partial charge in [0.2, 0.25) is 5.78 Å². The summed E-state index contributed by atoms with van der Waals surface area (Å²) in [5.74, 6) is -3.55. The van der Waals surface area contributed by atoms with E-state index < -0.39 is 45.0 Å². The third-order valence-corrected chi connectivity index (χ3v) is 8.47. The molecule has 0 saturated carbocycles. The van der Waals surface area contributed by atoms with E-state index in [1.807, 2.05) is 29.0 Å². The number of ether oxygens (including phenoxy) is 2. The molecule has 0 spiro atoms. The molecule has 0 radical (unpaired) electrons. The van der Waals surface area contributed by atoms with Crippen LogP contribution in [0.3, 0.4) is 0 Å². The number of H-pyrrole nitrogens is 1. The number of aromatic amines is 1. The zero-order valence-corrected chi connectivity index (χ0v) is 23.0. The molecule has 1 aliphatic rings. The third-order valence-electron chi connectivity index (χ3n) is 6.98. The summed E-state index contributed by atoms with van der Waals surface area (Å²) in [5.41, 5.74) is 1.14. The zero-order chi connectivity index (χ0) is 29.3. The van der Waals surface area contributed by atoms with Crippen molar-refractivity contribution in [2.24, 2.45) is 0 Å². The second-order valence-corrected chi connectivity index (χ2v) is 11.3. The van der Waals surface area contributed by atoms with Gasteiger partial charge < -0.3 is 14.5 Å². The molecule has 0 aliphatic carbocycles. The highest BCUT2D eigenvalue weighted by molar-refractivity contribution is 7.90. The topological polar surface area (TPSA) is 114 Å². The van der Waals surface area contributed by atoms with Gasteiger partial charge in [-0.1, -0.05) is 24.3 Å². The van der Waals surface area contributed by atoms with E-state index in [2.05, 4.69) is 9.97 Å². The molecule has 2 N–H and O–H groups in total. The van der Waals surface area contributed by atoms with E-state index in [4.69, 9.17) is 9.47 Å². The first-order valence-corrected chi connectivity index (χ1v) is 14.1. The number of hydrogen-bond acceptors (Lipinski definition) is 6. The molecule has 9 nitrogen and oxygen atoms in total. The van der Waals surface area contributed by atoms with Crippen LogP contribution in [0.15, 0.2) is 54.9 Å². The maximum absolute atomic E-state index is 15.5. The first kappa shape index (κ1) is 28.7. The van der Waals surface area contributed by atoms with Crippen molar-refractivity contribution in [3.63, 3.8) is 0 Å². The Morgan fingerprint density at radius 2 is 1.88 bits per heavy atom. The summed E-state index contributed by atoms with van der Waals surface area (Å²) in [6, 6.07) is 10.9. The van der Waals surface area contributed by atoms with Gasteiger partial charge in [-0.3, -0.25) is 9.52 Å². The Balaban J connectivity index is 1.45. The van der Waals surface area contributed by atoms with Crippen LogP contribution in [-0.2, 0) is 26.1 Å². The number of nitrogens with zero attached hydrogens (tertiary/aromatic N) is 2. The monoisotopic (exact) mass is 588 g/mol. The lowest BCUT2D eigenvalue weighted by Crippen LogP contribution is -2.34. The van der Waals surface area contributed by atoms with E-state index in [9.17, 15) is 22.0 Å². The molecule has 1 aliphatic heterocycles. The highest BCUT2D eigenvalue weighted by atomic mass is 32.2. The smallest absolute Gasteiger partial charge is 0.301 e. The minimum atomic E-state index is -4.32. The van der Waals surface area contributed by atoms with Crippen LogP contribution in [0.2, 0.25) is 0 Å². The number of fused-ring (bicyclic) bond motifs is 1. The Bertz CT molecular complexity index is 1690. The Morgan fingerprint density at radius 3 is 2.54 bits per heavy atom. The molecule has 2 aromatic carbocycles. The number of hydrogen-bond donors (Lipinski definition) is 2.